The van der Waals surface area contributed by atoms with Crippen LogP contribution in [0.5, 0.6) is 5.75 Å². The second-order valence-electron chi connectivity index (χ2n) is 6.73. The van der Waals surface area contributed by atoms with E-state index in [1.54, 1.807) is 47.4 Å². The van der Waals surface area contributed by atoms with Crippen molar-refractivity contribution < 1.29 is 28.6 Å². The molecule has 0 aromatic heterocycles. The molecule has 0 N–H and O–H groups in total. The summed E-state index contributed by atoms with van der Waals surface area (Å²) in [5.74, 6) is -0.605. The van der Waals surface area contributed by atoms with E-state index < -0.39 is 11.9 Å². The lowest BCUT2D eigenvalue weighted by molar-refractivity contribution is -0.139. The number of methoxy groups -OCH3 is 3. The summed E-state index contributed by atoms with van der Waals surface area (Å²) in [6.45, 7) is 1.09. The lowest BCUT2D eigenvalue weighted by Crippen LogP contribution is -2.27. The summed E-state index contributed by atoms with van der Waals surface area (Å²) in [5.41, 5.74) is 1.50. The normalized spacial score (nSPS) is 16.0. The van der Waals surface area contributed by atoms with Gasteiger partial charge < -0.3 is 24.0 Å². The molecular weight excluding hydrogens is 388 g/mol. The molecule has 2 aliphatic rings. The fraction of sp³-hybridized carbons (Fsp3) is 0.318. The highest BCUT2D eigenvalue weighted by Crippen LogP contribution is 2.31. The fourth-order valence-corrected chi connectivity index (χ4v) is 3.48. The Bertz CT molecular complexity index is 947. The highest BCUT2D eigenvalue weighted by atomic mass is 16.5. The van der Waals surface area contributed by atoms with Crippen LogP contribution in [0.4, 0.5) is 5.69 Å². The van der Waals surface area contributed by atoms with Crippen LogP contribution in [0.3, 0.4) is 0 Å². The van der Waals surface area contributed by atoms with Gasteiger partial charge in [-0.15, -0.1) is 0 Å². The third-order valence-corrected chi connectivity index (χ3v) is 4.96. The monoisotopic (exact) mass is 412 g/mol. The van der Waals surface area contributed by atoms with E-state index in [0.29, 0.717) is 30.9 Å². The SMILES string of the molecule is COC(=O)C1=C(C(=O)OC)N(c2ccc(OC)c(CN3CCCC3=O)c2)C=CC=C1. The van der Waals surface area contributed by atoms with Crippen molar-refractivity contribution in [3.63, 3.8) is 0 Å². The number of allylic oxidation sites excluding steroid dienone is 2. The summed E-state index contributed by atoms with van der Waals surface area (Å²) >= 11 is 0. The molecule has 0 saturated carbocycles. The maximum atomic E-state index is 12.6. The van der Waals surface area contributed by atoms with Gasteiger partial charge in [0.2, 0.25) is 5.91 Å². The van der Waals surface area contributed by atoms with E-state index in [4.69, 9.17) is 14.2 Å². The fourth-order valence-electron chi connectivity index (χ4n) is 3.48. The highest BCUT2D eigenvalue weighted by Gasteiger charge is 2.28. The maximum Gasteiger partial charge on any atom is 0.355 e. The second kappa shape index (κ2) is 9.30. The van der Waals surface area contributed by atoms with E-state index in [9.17, 15) is 14.4 Å². The van der Waals surface area contributed by atoms with Gasteiger partial charge in [-0.2, -0.15) is 0 Å². The van der Waals surface area contributed by atoms with E-state index in [0.717, 1.165) is 12.0 Å². The molecule has 30 heavy (non-hydrogen) atoms. The van der Waals surface area contributed by atoms with Crippen molar-refractivity contribution in [3.8, 4) is 5.75 Å². The van der Waals surface area contributed by atoms with Crippen LogP contribution in [-0.4, -0.2) is 50.6 Å². The quantitative estimate of drug-likeness (QED) is 0.663. The van der Waals surface area contributed by atoms with Crippen LogP contribution >= 0.6 is 0 Å². The summed E-state index contributed by atoms with van der Waals surface area (Å²) in [6, 6.07) is 5.36. The standard InChI is InChI=1S/C22H24N2O6/c1-28-18-10-9-16(13-15(18)14-23-11-6-8-19(23)25)24-12-5-4-7-17(21(26)29-2)20(24)22(27)30-3/h4-5,7,9-10,12-13H,6,8,11,14H2,1-3H3. The largest absolute Gasteiger partial charge is 0.496 e. The van der Waals surface area contributed by atoms with Gasteiger partial charge in [-0.1, -0.05) is 6.08 Å². The first-order valence-electron chi connectivity index (χ1n) is 9.49. The number of hydrogen-bond donors (Lipinski definition) is 0. The molecule has 1 fully saturated rings. The van der Waals surface area contributed by atoms with Crippen LogP contribution in [0.2, 0.25) is 0 Å². The van der Waals surface area contributed by atoms with Gasteiger partial charge in [-0.05, 0) is 36.8 Å². The van der Waals surface area contributed by atoms with Gasteiger partial charge >= 0.3 is 11.9 Å². The minimum Gasteiger partial charge on any atom is -0.496 e. The number of likely N-dealkylation sites (tertiary alicyclic amines) is 1. The van der Waals surface area contributed by atoms with Crippen molar-refractivity contribution in [2.24, 2.45) is 0 Å². The van der Waals surface area contributed by atoms with Gasteiger partial charge in [0.05, 0.1) is 26.9 Å². The molecule has 3 rings (SSSR count). The van der Waals surface area contributed by atoms with Crippen molar-refractivity contribution in [2.45, 2.75) is 19.4 Å². The Morgan fingerprint density at radius 2 is 1.83 bits per heavy atom. The predicted octanol–water partition coefficient (Wildman–Crippen LogP) is 2.31. The molecule has 1 saturated heterocycles. The molecule has 0 radical (unpaired) electrons. The van der Waals surface area contributed by atoms with Gasteiger partial charge in [-0.25, -0.2) is 9.59 Å². The Morgan fingerprint density at radius 1 is 1.07 bits per heavy atom. The Hall–Kier alpha value is -3.55. The second-order valence-corrected chi connectivity index (χ2v) is 6.73. The molecule has 1 amide bonds. The first-order chi connectivity index (χ1) is 14.5. The molecule has 1 aromatic rings. The van der Waals surface area contributed by atoms with Gasteiger partial charge in [0.1, 0.15) is 11.4 Å². The van der Waals surface area contributed by atoms with Crippen LogP contribution in [-0.2, 0) is 30.4 Å². The van der Waals surface area contributed by atoms with Crippen LogP contribution in [0.1, 0.15) is 18.4 Å². The number of hydrogen-bond acceptors (Lipinski definition) is 7. The zero-order valence-electron chi connectivity index (χ0n) is 17.2. The van der Waals surface area contributed by atoms with Crippen molar-refractivity contribution in [2.75, 3.05) is 32.8 Å². The highest BCUT2D eigenvalue weighted by molar-refractivity contribution is 6.05. The third kappa shape index (κ3) is 4.22. The first kappa shape index (κ1) is 21.2. The molecule has 0 aliphatic carbocycles. The summed E-state index contributed by atoms with van der Waals surface area (Å²) in [5, 5.41) is 0. The molecule has 8 nitrogen and oxygen atoms in total. The summed E-state index contributed by atoms with van der Waals surface area (Å²) in [6.07, 6.45) is 7.88. The molecule has 0 atom stereocenters. The van der Waals surface area contributed by atoms with Gasteiger partial charge in [-0.3, -0.25) is 4.79 Å². The molecule has 1 aromatic carbocycles. The maximum absolute atomic E-state index is 12.6. The molecule has 0 spiro atoms. The molecule has 2 heterocycles. The molecule has 158 valence electrons. The van der Waals surface area contributed by atoms with Gasteiger partial charge in [0, 0.05) is 37.0 Å². The number of esters is 2. The van der Waals surface area contributed by atoms with Crippen molar-refractivity contribution in [3.05, 3.63) is 59.5 Å². The Balaban J connectivity index is 2.07. The minimum absolute atomic E-state index is 0.0303. The number of rotatable bonds is 6. The molecular formula is C22H24N2O6. The number of amides is 1. The number of benzene rings is 1. The zero-order chi connectivity index (χ0) is 21.7. The number of carbonyl (C=O) groups is 3. The van der Waals surface area contributed by atoms with Crippen molar-refractivity contribution in [1.29, 1.82) is 0 Å². The Kier molecular flexibility index (Phi) is 6.56. The smallest absolute Gasteiger partial charge is 0.355 e. The van der Waals surface area contributed by atoms with Crippen molar-refractivity contribution in [1.82, 2.24) is 4.90 Å². The van der Waals surface area contributed by atoms with E-state index >= 15 is 0 Å². The first-order valence-corrected chi connectivity index (χ1v) is 9.49. The van der Waals surface area contributed by atoms with Crippen molar-refractivity contribution >= 4 is 23.5 Å². The average Bonchev–Trinajstić information content (AvgIpc) is 3.03. The summed E-state index contributed by atoms with van der Waals surface area (Å²) in [4.78, 5) is 40.3. The van der Waals surface area contributed by atoms with E-state index in [2.05, 4.69) is 0 Å². The molecule has 8 heteroatoms. The molecule has 0 bridgehead atoms. The Morgan fingerprint density at radius 3 is 2.47 bits per heavy atom. The number of nitrogens with zero attached hydrogens (tertiary/aromatic N) is 2. The van der Waals surface area contributed by atoms with E-state index in [-0.39, 0.29) is 17.2 Å². The van der Waals surface area contributed by atoms with E-state index in [1.165, 1.54) is 20.3 Å². The lowest BCUT2D eigenvalue weighted by atomic mass is 10.1. The Labute approximate surface area is 175 Å². The topological polar surface area (TPSA) is 85.4 Å². The summed E-state index contributed by atoms with van der Waals surface area (Å²) < 4.78 is 15.2. The van der Waals surface area contributed by atoms with Crippen LogP contribution < -0.4 is 9.64 Å². The van der Waals surface area contributed by atoms with Crippen LogP contribution in [0.15, 0.2) is 53.9 Å². The summed E-state index contributed by atoms with van der Waals surface area (Å²) in [7, 11) is 4.06. The number of carbonyl (C=O) groups excluding carboxylic acids is 3. The molecule has 2 aliphatic heterocycles. The van der Waals surface area contributed by atoms with E-state index in [1.807, 2.05) is 6.07 Å². The van der Waals surface area contributed by atoms with Gasteiger partial charge in [0.15, 0.2) is 0 Å². The average molecular weight is 412 g/mol. The lowest BCUT2D eigenvalue weighted by Gasteiger charge is -2.25. The minimum atomic E-state index is -0.682. The molecule has 0 unspecified atom stereocenters. The van der Waals surface area contributed by atoms with Crippen LogP contribution in [0.25, 0.3) is 0 Å². The number of anilines is 1. The zero-order valence-corrected chi connectivity index (χ0v) is 17.2. The number of ether oxygens (including phenoxy) is 3. The third-order valence-electron chi connectivity index (χ3n) is 4.96. The predicted molar refractivity (Wildman–Crippen MR) is 109 cm³/mol. The van der Waals surface area contributed by atoms with Gasteiger partial charge in [0.25, 0.3) is 0 Å². The van der Waals surface area contributed by atoms with Crippen LogP contribution in [0, 0.1) is 0 Å².